The van der Waals surface area contributed by atoms with Crippen LogP contribution in [0.4, 0.5) is 5.69 Å². The smallest absolute Gasteiger partial charge is 0.227 e. The highest BCUT2D eigenvalue weighted by atomic mass is 16.2. The fraction of sp³-hybridized carbons (Fsp3) is 0.318. The maximum Gasteiger partial charge on any atom is 0.227 e. The zero-order valence-electron chi connectivity index (χ0n) is 14.5. The SMILES string of the molecule is Cc1cccc(C)c1N1CC(/C=C/Cc2ccccc2)CCC1=O. The van der Waals surface area contributed by atoms with Crippen molar-refractivity contribution in [2.24, 2.45) is 5.92 Å². The quantitative estimate of drug-likeness (QED) is 0.738. The predicted octanol–water partition coefficient (Wildman–Crippen LogP) is 4.85. The van der Waals surface area contributed by atoms with Crippen LogP contribution in [-0.4, -0.2) is 12.5 Å². The molecule has 1 unspecified atom stereocenters. The molecule has 0 aromatic heterocycles. The van der Waals surface area contributed by atoms with Crippen molar-refractivity contribution in [3.63, 3.8) is 0 Å². The predicted molar refractivity (Wildman–Crippen MR) is 100 cm³/mol. The summed E-state index contributed by atoms with van der Waals surface area (Å²) in [5.74, 6) is 0.686. The number of allylic oxidation sites excluding steroid dienone is 1. The van der Waals surface area contributed by atoms with E-state index in [9.17, 15) is 4.79 Å². The summed E-state index contributed by atoms with van der Waals surface area (Å²) in [5, 5.41) is 0. The van der Waals surface area contributed by atoms with Gasteiger partial charge in [0.1, 0.15) is 0 Å². The van der Waals surface area contributed by atoms with Crippen LogP contribution in [0.2, 0.25) is 0 Å². The molecule has 2 aromatic rings. The molecule has 2 nitrogen and oxygen atoms in total. The molecule has 2 aromatic carbocycles. The lowest BCUT2D eigenvalue weighted by atomic mass is 9.94. The number of carbonyl (C=O) groups excluding carboxylic acids is 1. The fourth-order valence-corrected chi connectivity index (χ4v) is 3.49. The highest BCUT2D eigenvalue weighted by Gasteiger charge is 2.27. The average Bonchev–Trinajstić information content (AvgIpc) is 2.58. The Morgan fingerprint density at radius 1 is 1.04 bits per heavy atom. The van der Waals surface area contributed by atoms with Crippen LogP contribution in [0.5, 0.6) is 0 Å². The summed E-state index contributed by atoms with van der Waals surface area (Å²) in [6.45, 7) is 4.96. The van der Waals surface area contributed by atoms with Crippen LogP contribution < -0.4 is 4.90 Å². The zero-order chi connectivity index (χ0) is 16.9. The number of amides is 1. The number of benzene rings is 2. The van der Waals surface area contributed by atoms with Crippen molar-refractivity contribution in [3.8, 4) is 0 Å². The fourth-order valence-electron chi connectivity index (χ4n) is 3.49. The van der Waals surface area contributed by atoms with E-state index >= 15 is 0 Å². The zero-order valence-corrected chi connectivity index (χ0v) is 14.5. The van der Waals surface area contributed by atoms with E-state index in [4.69, 9.17) is 0 Å². The van der Waals surface area contributed by atoms with E-state index in [1.807, 2.05) is 11.0 Å². The standard InChI is InChI=1S/C22H25NO/c1-17-8-6-9-18(2)22(17)23-16-20(14-15-21(23)24)13-7-12-19-10-4-3-5-11-19/h3-11,13,20H,12,14-16H2,1-2H3/b13-7+. The molecular weight excluding hydrogens is 294 g/mol. The maximum atomic E-state index is 12.4. The average molecular weight is 319 g/mol. The molecule has 1 aliphatic rings. The summed E-state index contributed by atoms with van der Waals surface area (Å²) < 4.78 is 0. The van der Waals surface area contributed by atoms with E-state index in [1.54, 1.807) is 0 Å². The molecule has 0 radical (unpaired) electrons. The van der Waals surface area contributed by atoms with Crippen LogP contribution in [0.3, 0.4) is 0 Å². The van der Waals surface area contributed by atoms with Gasteiger partial charge in [-0.15, -0.1) is 0 Å². The lowest BCUT2D eigenvalue weighted by Crippen LogP contribution is -2.40. The molecule has 124 valence electrons. The largest absolute Gasteiger partial charge is 0.311 e. The molecule has 0 spiro atoms. The lowest BCUT2D eigenvalue weighted by molar-refractivity contribution is -0.119. The maximum absolute atomic E-state index is 12.4. The minimum Gasteiger partial charge on any atom is -0.311 e. The summed E-state index contributed by atoms with van der Waals surface area (Å²) in [4.78, 5) is 14.4. The Morgan fingerprint density at radius 3 is 2.46 bits per heavy atom. The number of rotatable bonds is 4. The first kappa shape index (κ1) is 16.5. The molecular formula is C22H25NO. The van der Waals surface area contributed by atoms with Gasteiger partial charge in [0.25, 0.3) is 0 Å². The Bertz CT molecular complexity index is 713. The van der Waals surface area contributed by atoms with Crippen molar-refractivity contribution in [1.29, 1.82) is 0 Å². The number of piperidine rings is 1. The Hall–Kier alpha value is -2.35. The van der Waals surface area contributed by atoms with Gasteiger partial charge in [0, 0.05) is 18.7 Å². The Balaban J connectivity index is 1.70. The van der Waals surface area contributed by atoms with Crippen molar-refractivity contribution in [3.05, 3.63) is 77.4 Å². The van der Waals surface area contributed by atoms with E-state index < -0.39 is 0 Å². The van der Waals surface area contributed by atoms with Crippen LogP contribution in [0.1, 0.15) is 29.5 Å². The topological polar surface area (TPSA) is 20.3 Å². The summed E-state index contributed by atoms with van der Waals surface area (Å²) in [6.07, 6.45) is 7.08. The molecule has 1 heterocycles. The summed E-state index contributed by atoms with van der Waals surface area (Å²) >= 11 is 0. The van der Waals surface area contributed by atoms with Crippen LogP contribution >= 0.6 is 0 Å². The third kappa shape index (κ3) is 3.76. The van der Waals surface area contributed by atoms with Crippen molar-refractivity contribution >= 4 is 11.6 Å². The molecule has 1 fully saturated rings. The summed E-state index contributed by atoms with van der Waals surface area (Å²) in [5.41, 5.74) is 4.78. The molecule has 2 heteroatoms. The minimum absolute atomic E-state index is 0.250. The Morgan fingerprint density at radius 2 is 1.75 bits per heavy atom. The second-order valence-electron chi connectivity index (χ2n) is 6.66. The molecule has 0 saturated carbocycles. The molecule has 0 N–H and O–H groups in total. The van der Waals surface area contributed by atoms with Crippen LogP contribution in [0, 0.1) is 19.8 Å². The first-order valence-electron chi connectivity index (χ1n) is 8.72. The van der Waals surface area contributed by atoms with E-state index in [1.165, 1.54) is 16.7 Å². The molecule has 1 amide bonds. The Kier molecular flexibility index (Phi) is 5.14. The molecule has 0 bridgehead atoms. The van der Waals surface area contributed by atoms with Gasteiger partial charge >= 0.3 is 0 Å². The second kappa shape index (κ2) is 7.48. The van der Waals surface area contributed by atoms with Crippen molar-refractivity contribution in [2.75, 3.05) is 11.4 Å². The van der Waals surface area contributed by atoms with Gasteiger partial charge in [0.2, 0.25) is 5.91 Å². The first-order chi connectivity index (χ1) is 11.6. The molecule has 1 aliphatic heterocycles. The molecule has 1 saturated heterocycles. The normalized spacial score (nSPS) is 18.3. The summed E-state index contributed by atoms with van der Waals surface area (Å²) in [6, 6.07) is 16.7. The van der Waals surface area contributed by atoms with Gasteiger partial charge in [-0.2, -0.15) is 0 Å². The molecule has 1 atom stereocenters. The third-order valence-corrected chi connectivity index (χ3v) is 4.76. The second-order valence-corrected chi connectivity index (χ2v) is 6.66. The highest BCUT2D eigenvalue weighted by molar-refractivity contribution is 5.95. The number of carbonyl (C=O) groups is 1. The van der Waals surface area contributed by atoms with E-state index in [0.29, 0.717) is 12.3 Å². The van der Waals surface area contributed by atoms with Crippen LogP contribution in [0.15, 0.2) is 60.7 Å². The number of para-hydroxylation sites is 1. The van der Waals surface area contributed by atoms with E-state index in [0.717, 1.165) is 25.1 Å². The first-order valence-corrected chi connectivity index (χ1v) is 8.72. The van der Waals surface area contributed by atoms with Crippen molar-refractivity contribution < 1.29 is 4.79 Å². The van der Waals surface area contributed by atoms with Gasteiger partial charge in [0.05, 0.1) is 0 Å². The van der Waals surface area contributed by atoms with Crippen molar-refractivity contribution in [2.45, 2.75) is 33.1 Å². The van der Waals surface area contributed by atoms with Gasteiger partial charge in [-0.25, -0.2) is 0 Å². The number of nitrogens with zero attached hydrogens (tertiary/aromatic N) is 1. The van der Waals surface area contributed by atoms with Crippen molar-refractivity contribution in [1.82, 2.24) is 0 Å². The van der Waals surface area contributed by atoms with Gasteiger partial charge in [-0.3, -0.25) is 4.79 Å². The molecule has 0 aliphatic carbocycles. The summed E-state index contributed by atoms with van der Waals surface area (Å²) in [7, 11) is 0. The number of hydrogen-bond acceptors (Lipinski definition) is 1. The van der Waals surface area contributed by atoms with E-state index in [-0.39, 0.29) is 5.91 Å². The Labute approximate surface area is 144 Å². The van der Waals surface area contributed by atoms with Crippen LogP contribution in [0.25, 0.3) is 0 Å². The van der Waals surface area contributed by atoms with Gasteiger partial charge < -0.3 is 4.90 Å². The van der Waals surface area contributed by atoms with Gasteiger partial charge in [-0.05, 0) is 49.3 Å². The lowest BCUT2D eigenvalue weighted by Gasteiger charge is -2.33. The van der Waals surface area contributed by atoms with Crippen LogP contribution in [-0.2, 0) is 11.2 Å². The monoisotopic (exact) mass is 319 g/mol. The number of aryl methyl sites for hydroxylation is 2. The van der Waals surface area contributed by atoms with E-state index in [2.05, 4.69) is 68.5 Å². The molecule has 3 rings (SSSR count). The third-order valence-electron chi connectivity index (χ3n) is 4.76. The van der Waals surface area contributed by atoms with Gasteiger partial charge in [-0.1, -0.05) is 60.7 Å². The number of anilines is 1. The molecule has 24 heavy (non-hydrogen) atoms. The minimum atomic E-state index is 0.250. The highest BCUT2D eigenvalue weighted by Crippen LogP contribution is 2.30. The number of hydrogen-bond donors (Lipinski definition) is 0. The van der Waals surface area contributed by atoms with Gasteiger partial charge in [0.15, 0.2) is 0 Å².